The normalized spacial score (nSPS) is 24.3. The van der Waals surface area contributed by atoms with Gasteiger partial charge in [0.2, 0.25) is 12.4 Å². The van der Waals surface area contributed by atoms with Crippen molar-refractivity contribution in [2.75, 3.05) is 7.11 Å². The van der Waals surface area contributed by atoms with Crippen molar-refractivity contribution in [2.45, 2.75) is 70.4 Å². The van der Waals surface area contributed by atoms with Crippen LogP contribution < -0.4 is 15.1 Å². The minimum absolute atomic E-state index is 0.303. The zero-order valence-corrected chi connectivity index (χ0v) is 21.2. The average Bonchev–Trinajstić information content (AvgIpc) is 3.30. The Morgan fingerprint density at radius 1 is 0.946 bits per heavy atom. The van der Waals surface area contributed by atoms with Gasteiger partial charge in [-0.2, -0.15) is 0 Å². The standard InChI is InChI=1S/C28H30O9/c1-5-28(6-2)25(31-4)23-24(36-27(30)35-23)26(37-28)33-19-13-12-18-20(14-21(29)34-22(18)16(19)3)32-15-17-10-8-7-9-11-17/h7-14,23-26H,5-6,15H2,1-4H3/t23-,24+,25+,26+/m0/s1. The minimum Gasteiger partial charge on any atom is -0.488 e. The number of carbonyl (C=O) groups is 1. The van der Waals surface area contributed by atoms with Crippen LogP contribution in [0.2, 0.25) is 0 Å². The Balaban J connectivity index is 1.47. The molecule has 2 saturated heterocycles. The quantitative estimate of drug-likeness (QED) is 0.309. The Morgan fingerprint density at radius 3 is 2.38 bits per heavy atom. The molecule has 2 aliphatic heterocycles. The lowest BCUT2D eigenvalue weighted by Gasteiger charge is -2.48. The second-order valence-electron chi connectivity index (χ2n) is 9.22. The average molecular weight is 511 g/mol. The summed E-state index contributed by atoms with van der Waals surface area (Å²) in [6, 6.07) is 14.5. The van der Waals surface area contributed by atoms with Crippen molar-refractivity contribution in [2.24, 2.45) is 0 Å². The number of methoxy groups -OCH3 is 1. The molecule has 0 radical (unpaired) electrons. The summed E-state index contributed by atoms with van der Waals surface area (Å²) in [6.07, 6.45) is -2.56. The Labute approximate surface area is 214 Å². The summed E-state index contributed by atoms with van der Waals surface area (Å²) in [7, 11) is 1.56. The second kappa shape index (κ2) is 10.1. The second-order valence-corrected chi connectivity index (χ2v) is 9.22. The van der Waals surface area contributed by atoms with Crippen LogP contribution in [-0.4, -0.2) is 43.5 Å². The van der Waals surface area contributed by atoms with E-state index < -0.39 is 42.0 Å². The van der Waals surface area contributed by atoms with E-state index in [1.54, 1.807) is 26.2 Å². The number of aryl methyl sites for hydroxylation is 1. The van der Waals surface area contributed by atoms with Gasteiger partial charge in [-0.1, -0.05) is 44.2 Å². The van der Waals surface area contributed by atoms with Crippen LogP contribution in [0.4, 0.5) is 4.79 Å². The predicted molar refractivity (Wildman–Crippen MR) is 133 cm³/mol. The Bertz CT molecular complexity index is 1330. The first-order valence-corrected chi connectivity index (χ1v) is 12.4. The van der Waals surface area contributed by atoms with Crippen LogP contribution in [0.15, 0.2) is 57.7 Å². The molecule has 0 saturated carbocycles. The number of benzene rings is 2. The molecule has 0 bridgehead atoms. The van der Waals surface area contributed by atoms with E-state index in [0.717, 1.165) is 5.56 Å². The molecule has 0 spiro atoms. The first kappa shape index (κ1) is 25.1. The third-order valence-corrected chi connectivity index (χ3v) is 7.23. The van der Waals surface area contributed by atoms with Gasteiger partial charge < -0.3 is 32.8 Å². The van der Waals surface area contributed by atoms with Gasteiger partial charge in [0.25, 0.3) is 0 Å². The van der Waals surface area contributed by atoms with Gasteiger partial charge in [-0.05, 0) is 37.5 Å². The molecule has 0 aliphatic carbocycles. The Kier molecular flexibility index (Phi) is 6.83. The maximum atomic E-state index is 12.4. The van der Waals surface area contributed by atoms with E-state index in [2.05, 4.69) is 0 Å². The summed E-state index contributed by atoms with van der Waals surface area (Å²) in [5, 5.41) is 0.634. The number of fused-ring (bicyclic) bond motifs is 2. The fourth-order valence-corrected chi connectivity index (χ4v) is 5.17. The molecule has 3 aromatic rings. The molecule has 1 aromatic heterocycles. The highest BCUT2D eigenvalue weighted by atomic mass is 16.8. The molecule has 2 fully saturated rings. The summed E-state index contributed by atoms with van der Waals surface area (Å²) in [6.45, 7) is 6.05. The van der Waals surface area contributed by atoms with E-state index >= 15 is 0 Å². The number of hydrogen-bond acceptors (Lipinski definition) is 9. The first-order valence-electron chi connectivity index (χ1n) is 12.4. The molecule has 9 heteroatoms. The topological polar surface area (TPSA) is 103 Å². The van der Waals surface area contributed by atoms with E-state index in [1.165, 1.54) is 6.07 Å². The number of ether oxygens (including phenoxy) is 6. The molecule has 196 valence electrons. The molecule has 3 heterocycles. The van der Waals surface area contributed by atoms with Crippen molar-refractivity contribution >= 4 is 17.1 Å². The predicted octanol–water partition coefficient (Wildman–Crippen LogP) is 4.89. The van der Waals surface area contributed by atoms with Gasteiger partial charge in [0, 0.05) is 12.7 Å². The van der Waals surface area contributed by atoms with Gasteiger partial charge >= 0.3 is 11.8 Å². The lowest BCUT2D eigenvalue weighted by Crippen LogP contribution is -2.64. The molecule has 4 atom stereocenters. The van der Waals surface area contributed by atoms with E-state index in [9.17, 15) is 9.59 Å². The molecule has 37 heavy (non-hydrogen) atoms. The molecule has 0 amide bonds. The molecule has 5 rings (SSSR count). The Morgan fingerprint density at radius 2 is 1.68 bits per heavy atom. The van der Waals surface area contributed by atoms with Crippen molar-refractivity contribution in [3.63, 3.8) is 0 Å². The summed E-state index contributed by atoms with van der Waals surface area (Å²) in [4.78, 5) is 24.4. The highest BCUT2D eigenvalue weighted by Crippen LogP contribution is 2.43. The molecule has 9 nitrogen and oxygen atoms in total. The van der Waals surface area contributed by atoms with E-state index in [-0.39, 0.29) is 0 Å². The monoisotopic (exact) mass is 510 g/mol. The third-order valence-electron chi connectivity index (χ3n) is 7.23. The molecule has 2 aromatic carbocycles. The number of carbonyl (C=O) groups excluding carboxylic acids is 1. The van der Waals surface area contributed by atoms with Crippen LogP contribution in [0.25, 0.3) is 11.0 Å². The molecule has 2 aliphatic rings. The van der Waals surface area contributed by atoms with Gasteiger partial charge in [-0.15, -0.1) is 0 Å². The van der Waals surface area contributed by atoms with Crippen LogP contribution in [0.3, 0.4) is 0 Å². The molecule has 0 unspecified atom stereocenters. The van der Waals surface area contributed by atoms with Gasteiger partial charge in [0.1, 0.15) is 35.4 Å². The van der Waals surface area contributed by atoms with Crippen molar-refractivity contribution in [1.82, 2.24) is 0 Å². The highest BCUT2D eigenvalue weighted by molar-refractivity contribution is 5.87. The molecular formula is C28H30O9. The highest BCUT2D eigenvalue weighted by Gasteiger charge is 2.61. The molecular weight excluding hydrogens is 480 g/mol. The van der Waals surface area contributed by atoms with Crippen molar-refractivity contribution < 1.29 is 37.6 Å². The van der Waals surface area contributed by atoms with Gasteiger partial charge in [0.15, 0.2) is 6.10 Å². The smallest absolute Gasteiger partial charge is 0.488 e. The number of hydrogen-bond donors (Lipinski definition) is 0. The fraction of sp³-hybridized carbons (Fsp3) is 0.429. The van der Waals surface area contributed by atoms with Gasteiger partial charge in [-0.25, -0.2) is 9.59 Å². The van der Waals surface area contributed by atoms with Crippen LogP contribution in [-0.2, 0) is 25.6 Å². The summed E-state index contributed by atoms with van der Waals surface area (Å²) < 4.78 is 40.8. The zero-order chi connectivity index (χ0) is 26.2. The van der Waals surface area contributed by atoms with Crippen LogP contribution in [0.5, 0.6) is 11.5 Å². The Hall–Kier alpha value is -3.56. The van der Waals surface area contributed by atoms with Crippen LogP contribution >= 0.6 is 0 Å². The van der Waals surface area contributed by atoms with Gasteiger partial charge in [-0.3, -0.25) is 0 Å². The third kappa shape index (κ3) is 4.53. The minimum atomic E-state index is -0.955. The van der Waals surface area contributed by atoms with Crippen molar-refractivity contribution in [3.8, 4) is 11.5 Å². The lowest BCUT2D eigenvalue weighted by molar-refractivity contribution is -0.296. The van der Waals surface area contributed by atoms with Crippen LogP contribution in [0, 0.1) is 6.92 Å². The fourth-order valence-electron chi connectivity index (χ4n) is 5.17. The van der Waals surface area contributed by atoms with Crippen molar-refractivity contribution in [1.29, 1.82) is 0 Å². The summed E-state index contributed by atoms with van der Waals surface area (Å²) in [5.41, 5.74) is 0.610. The summed E-state index contributed by atoms with van der Waals surface area (Å²) >= 11 is 0. The summed E-state index contributed by atoms with van der Waals surface area (Å²) in [5.74, 6) is 0.829. The van der Waals surface area contributed by atoms with Gasteiger partial charge in [0.05, 0.1) is 11.5 Å². The zero-order valence-electron chi connectivity index (χ0n) is 21.2. The SMILES string of the molecule is CCC1(CC)O[C@@H](Oc2ccc3c(OCc4ccccc4)cc(=O)oc3c2C)[C@@H]2OC(=O)O[C@@H]2[C@H]1OC. The van der Waals surface area contributed by atoms with E-state index in [4.69, 9.17) is 32.8 Å². The van der Waals surface area contributed by atoms with E-state index in [1.807, 2.05) is 44.2 Å². The van der Waals surface area contributed by atoms with Crippen LogP contribution in [0.1, 0.15) is 37.8 Å². The van der Waals surface area contributed by atoms with E-state index in [0.29, 0.717) is 47.5 Å². The first-order chi connectivity index (χ1) is 17.9. The number of rotatable bonds is 8. The molecule has 0 N–H and O–H groups in total. The maximum Gasteiger partial charge on any atom is 0.509 e. The largest absolute Gasteiger partial charge is 0.509 e. The maximum absolute atomic E-state index is 12.4. The lowest BCUT2D eigenvalue weighted by atomic mass is 9.82. The van der Waals surface area contributed by atoms with Crippen molar-refractivity contribution in [3.05, 3.63) is 70.1 Å².